The Kier molecular flexibility index (Phi) is 4.59. The van der Waals surface area contributed by atoms with E-state index >= 15 is 0 Å². The van der Waals surface area contributed by atoms with Crippen LogP contribution in [0.25, 0.3) is 0 Å². The molecule has 0 radical (unpaired) electrons. The fourth-order valence-corrected chi connectivity index (χ4v) is 2.21. The number of rotatable bonds is 3. The Morgan fingerprint density at radius 1 is 1.37 bits per heavy atom. The van der Waals surface area contributed by atoms with E-state index in [0.29, 0.717) is 15.9 Å². The number of nitro groups is 1. The van der Waals surface area contributed by atoms with E-state index in [4.69, 9.17) is 0 Å². The molecule has 0 spiro atoms. The van der Waals surface area contributed by atoms with Gasteiger partial charge >= 0.3 is 0 Å². The zero-order chi connectivity index (χ0) is 13.8. The molecule has 2 rings (SSSR count). The Labute approximate surface area is 131 Å². The lowest BCUT2D eigenvalue weighted by Gasteiger charge is -1.97. The Bertz CT molecular complexity index is 661. The highest BCUT2D eigenvalue weighted by molar-refractivity contribution is 14.1. The van der Waals surface area contributed by atoms with Gasteiger partial charge in [-0.1, -0.05) is 12.1 Å². The van der Waals surface area contributed by atoms with Crippen molar-refractivity contribution in [3.8, 4) is 0 Å². The maximum atomic E-state index is 10.8. The first-order chi connectivity index (χ1) is 9.06. The van der Waals surface area contributed by atoms with Crippen molar-refractivity contribution in [1.29, 1.82) is 0 Å². The van der Waals surface area contributed by atoms with Crippen LogP contribution in [0, 0.1) is 13.8 Å². The van der Waals surface area contributed by atoms with E-state index in [1.165, 1.54) is 6.07 Å². The summed E-state index contributed by atoms with van der Waals surface area (Å²) in [6.07, 6.45) is 1.55. The molecular formula is C12H7BrIN3O2. The average molecular weight is 432 g/mol. The lowest BCUT2D eigenvalue weighted by molar-refractivity contribution is -0.385. The van der Waals surface area contributed by atoms with Crippen molar-refractivity contribution in [2.45, 2.75) is 0 Å². The summed E-state index contributed by atoms with van der Waals surface area (Å²) in [7, 11) is 0. The van der Waals surface area contributed by atoms with E-state index in [-0.39, 0.29) is 5.69 Å². The smallest absolute Gasteiger partial charge is 0.258 e. The maximum Gasteiger partial charge on any atom is 0.284 e. The second kappa shape index (κ2) is 6.20. The van der Waals surface area contributed by atoms with Gasteiger partial charge in [-0.25, -0.2) is 9.98 Å². The van der Waals surface area contributed by atoms with Gasteiger partial charge in [0.1, 0.15) is 3.70 Å². The fourth-order valence-electron chi connectivity index (χ4n) is 1.36. The van der Waals surface area contributed by atoms with Crippen molar-refractivity contribution in [1.82, 2.24) is 4.98 Å². The molecule has 7 heteroatoms. The number of benzene rings is 1. The van der Waals surface area contributed by atoms with Crippen molar-refractivity contribution in [3.63, 3.8) is 0 Å². The van der Waals surface area contributed by atoms with Crippen LogP contribution in [0.4, 0.5) is 11.5 Å². The molecule has 0 saturated heterocycles. The third kappa shape index (κ3) is 3.80. The van der Waals surface area contributed by atoms with Gasteiger partial charge in [-0.3, -0.25) is 10.1 Å². The molecule has 1 heterocycles. The summed E-state index contributed by atoms with van der Waals surface area (Å²) in [6, 6.07) is 10.3. The van der Waals surface area contributed by atoms with Crippen molar-refractivity contribution >= 4 is 56.2 Å². The van der Waals surface area contributed by atoms with Crippen LogP contribution in [0.5, 0.6) is 0 Å². The van der Waals surface area contributed by atoms with Crippen molar-refractivity contribution in [3.05, 3.63) is 60.2 Å². The van der Waals surface area contributed by atoms with Gasteiger partial charge in [-0.2, -0.15) is 0 Å². The van der Waals surface area contributed by atoms with Gasteiger partial charge < -0.3 is 0 Å². The molecule has 5 nitrogen and oxygen atoms in total. The minimum atomic E-state index is -0.439. The second-order valence-corrected chi connectivity index (χ2v) is 5.50. The van der Waals surface area contributed by atoms with Gasteiger partial charge in [0.15, 0.2) is 5.82 Å². The van der Waals surface area contributed by atoms with Crippen LogP contribution in [-0.4, -0.2) is 16.1 Å². The van der Waals surface area contributed by atoms with Crippen LogP contribution in [0.1, 0.15) is 5.56 Å². The first-order valence-electron chi connectivity index (χ1n) is 5.17. The van der Waals surface area contributed by atoms with E-state index < -0.39 is 4.92 Å². The molecule has 19 heavy (non-hydrogen) atoms. The number of nitro benzene ring substituents is 1. The minimum absolute atomic E-state index is 0.0135. The summed E-state index contributed by atoms with van der Waals surface area (Å²) < 4.78 is 1.29. The summed E-state index contributed by atoms with van der Waals surface area (Å²) in [5.41, 5.74) is 0.662. The van der Waals surface area contributed by atoms with Crippen LogP contribution in [0.2, 0.25) is 0 Å². The van der Waals surface area contributed by atoms with Crippen molar-refractivity contribution in [2.75, 3.05) is 0 Å². The normalized spacial score (nSPS) is 10.8. The van der Waals surface area contributed by atoms with E-state index in [0.717, 1.165) is 3.70 Å². The van der Waals surface area contributed by atoms with E-state index in [2.05, 4.69) is 48.5 Å². The highest BCUT2D eigenvalue weighted by Gasteiger charge is 2.11. The zero-order valence-corrected chi connectivity index (χ0v) is 13.2. The molecule has 0 fully saturated rings. The molecule has 0 aliphatic rings. The SMILES string of the molecule is O=[N+]([O-])c1cc(C=Nc2cccc(I)n2)ccc1Br. The number of aromatic nitrogens is 1. The third-order valence-corrected chi connectivity index (χ3v) is 3.48. The van der Waals surface area contributed by atoms with Gasteiger partial charge in [0, 0.05) is 12.3 Å². The largest absolute Gasteiger partial charge is 0.284 e. The van der Waals surface area contributed by atoms with Gasteiger partial charge in [-0.15, -0.1) is 0 Å². The molecule has 0 unspecified atom stereocenters. The molecule has 0 bridgehead atoms. The first kappa shape index (κ1) is 14.1. The number of halogens is 2. The number of aliphatic imine (C=N–C) groups is 1. The average Bonchev–Trinajstić information content (AvgIpc) is 2.37. The molecule has 0 saturated carbocycles. The molecule has 0 amide bonds. The molecule has 0 N–H and O–H groups in total. The maximum absolute atomic E-state index is 10.8. The molecule has 0 aliphatic carbocycles. The van der Waals surface area contributed by atoms with Crippen LogP contribution in [0.15, 0.2) is 45.9 Å². The Morgan fingerprint density at radius 2 is 2.16 bits per heavy atom. The quantitative estimate of drug-likeness (QED) is 0.241. The van der Waals surface area contributed by atoms with Gasteiger partial charge in [0.25, 0.3) is 5.69 Å². The molecule has 2 aromatic rings. The fraction of sp³-hybridized carbons (Fsp3) is 0. The van der Waals surface area contributed by atoms with Crippen LogP contribution in [-0.2, 0) is 0 Å². The number of pyridine rings is 1. The minimum Gasteiger partial charge on any atom is -0.258 e. The molecule has 1 aromatic carbocycles. The van der Waals surface area contributed by atoms with Crippen LogP contribution >= 0.6 is 38.5 Å². The van der Waals surface area contributed by atoms with Crippen molar-refractivity contribution in [2.24, 2.45) is 4.99 Å². The lowest BCUT2D eigenvalue weighted by atomic mass is 10.2. The third-order valence-electron chi connectivity index (χ3n) is 2.21. The number of hydrogen-bond acceptors (Lipinski definition) is 4. The zero-order valence-electron chi connectivity index (χ0n) is 9.46. The molecule has 1 aromatic heterocycles. The molecule has 96 valence electrons. The highest BCUT2D eigenvalue weighted by atomic mass is 127. The Hall–Kier alpha value is -1.35. The van der Waals surface area contributed by atoms with E-state index in [1.807, 2.05) is 12.1 Å². The summed E-state index contributed by atoms with van der Waals surface area (Å²) >= 11 is 5.23. The topological polar surface area (TPSA) is 68.4 Å². The number of hydrogen-bond donors (Lipinski definition) is 0. The number of nitrogens with zero attached hydrogens (tertiary/aromatic N) is 3. The predicted octanol–water partition coefficient (Wildman–Crippen LogP) is 4.11. The Balaban J connectivity index is 2.29. The molecule has 0 aliphatic heterocycles. The van der Waals surface area contributed by atoms with Crippen LogP contribution < -0.4 is 0 Å². The summed E-state index contributed by atoms with van der Waals surface area (Å²) in [5.74, 6) is 0.567. The van der Waals surface area contributed by atoms with Crippen LogP contribution in [0.3, 0.4) is 0 Å². The monoisotopic (exact) mass is 431 g/mol. The predicted molar refractivity (Wildman–Crippen MR) is 85.0 cm³/mol. The van der Waals surface area contributed by atoms with Gasteiger partial charge in [0.05, 0.1) is 9.40 Å². The van der Waals surface area contributed by atoms with E-state index in [1.54, 1.807) is 24.4 Å². The summed E-state index contributed by atoms with van der Waals surface area (Å²) in [5, 5.41) is 10.8. The van der Waals surface area contributed by atoms with Gasteiger partial charge in [-0.05, 0) is 62.3 Å². The Morgan fingerprint density at radius 3 is 2.84 bits per heavy atom. The summed E-state index contributed by atoms with van der Waals surface area (Å²) in [6.45, 7) is 0. The second-order valence-electron chi connectivity index (χ2n) is 3.54. The molecular weight excluding hydrogens is 425 g/mol. The standard InChI is InChI=1S/C12H7BrIN3O2/c13-9-5-4-8(6-10(9)17(18)19)7-15-12-3-1-2-11(14)16-12/h1-7H. The highest BCUT2D eigenvalue weighted by Crippen LogP contribution is 2.25. The molecule has 0 atom stereocenters. The lowest BCUT2D eigenvalue weighted by Crippen LogP contribution is -1.91. The first-order valence-corrected chi connectivity index (χ1v) is 7.04. The van der Waals surface area contributed by atoms with E-state index in [9.17, 15) is 10.1 Å². The van der Waals surface area contributed by atoms with Gasteiger partial charge in [0.2, 0.25) is 0 Å². The summed E-state index contributed by atoms with van der Waals surface area (Å²) in [4.78, 5) is 18.8. The van der Waals surface area contributed by atoms with Crippen molar-refractivity contribution < 1.29 is 4.92 Å².